The normalized spacial score (nSPS) is 14.2. The van der Waals surface area contributed by atoms with Crippen LogP contribution in [-0.4, -0.2) is 69.9 Å². The minimum Gasteiger partial charge on any atom is -0.480 e. The number of rotatable bonds is 23. The van der Waals surface area contributed by atoms with Crippen LogP contribution in [0.3, 0.4) is 0 Å². The Morgan fingerprint density at radius 2 is 0.659 bits per heavy atom. The van der Waals surface area contributed by atoms with Gasteiger partial charge in [-0.25, -0.2) is 9.59 Å². The molecule has 254 valence electrons. The molecule has 0 aromatic heterocycles. The van der Waals surface area contributed by atoms with Gasteiger partial charge in [-0.3, -0.25) is 19.2 Å². The van der Waals surface area contributed by atoms with Gasteiger partial charge in [0, 0.05) is 12.8 Å². The van der Waals surface area contributed by atoms with Crippen molar-refractivity contribution in [2.45, 2.75) is 144 Å². The Labute approximate surface area is 263 Å². The predicted molar refractivity (Wildman–Crippen MR) is 169 cm³/mol. The smallest absolute Gasteiger partial charge is 0.326 e. The molecular weight excluding hydrogens is 568 g/mol. The molecule has 0 aromatic carbocycles. The summed E-state index contributed by atoms with van der Waals surface area (Å²) in [6.07, 6.45) is 7.67. The summed E-state index contributed by atoms with van der Waals surface area (Å²) in [6, 6.07) is -3.63. The van der Waals surface area contributed by atoms with E-state index < -0.39 is 47.9 Å². The third kappa shape index (κ3) is 16.6. The standard InChI is InChI=1S/C32H58N4O8/c1-19(2)25(29(39)35-27(21(5)6)31(41)42)33-23(37)17-15-13-11-9-10-12-14-16-18-24(38)34-26(20(3)4)30(40)36-28(22(7)8)32(43)44/h19-22,25-28H,9-18H2,1-8H3,(H,33,37)(H,34,38)(H,35,39)(H,36,40)(H,41,42)(H,43,44)/t25-,26-,27-,28-/m0/s1. The van der Waals surface area contributed by atoms with Gasteiger partial charge in [-0.2, -0.15) is 0 Å². The summed E-state index contributed by atoms with van der Waals surface area (Å²) in [5.74, 6) is -4.61. The highest BCUT2D eigenvalue weighted by molar-refractivity contribution is 5.91. The van der Waals surface area contributed by atoms with Crippen molar-refractivity contribution in [3.05, 3.63) is 0 Å². The molecule has 0 fully saturated rings. The van der Waals surface area contributed by atoms with E-state index in [0.29, 0.717) is 25.7 Å². The first-order valence-electron chi connectivity index (χ1n) is 16.1. The number of unbranched alkanes of at least 4 members (excludes halogenated alkanes) is 7. The first kappa shape index (κ1) is 40.8. The second-order valence-corrected chi connectivity index (χ2v) is 13.0. The number of hydrogen-bond acceptors (Lipinski definition) is 6. The molecule has 4 amide bonds. The van der Waals surface area contributed by atoms with Crippen LogP contribution in [0.4, 0.5) is 0 Å². The highest BCUT2D eigenvalue weighted by Gasteiger charge is 2.31. The Hall–Kier alpha value is -3.18. The van der Waals surface area contributed by atoms with E-state index in [2.05, 4.69) is 21.3 Å². The minimum absolute atomic E-state index is 0.191. The van der Waals surface area contributed by atoms with Crippen molar-refractivity contribution in [3.63, 3.8) is 0 Å². The Morgan fingerprint density at radius 3 is 0.886 bits per heavy atom. The lowest BCUT2D eigenvalue weighted by Crippen LogP contribution is -2.54. The lowest BCUT2D eigenvalue weighted by Gasteiger charge is -2.25. The second kappa shape index (κ2) is 21.5. The Morgan fingerprint density at radius 1 is 0.409 bits per heavy atom. The van der Waals surface area contributed by atoms with Crippen LogP contribution in [0.25, 0.3) is 0 Å². The van der Waals surface area contributed by atoms with E-state index in [0.717, 1.165) is 38.5 Å². The number of amides is 4. The number of nitrogens with one attached hydrogen (secondary N) is 4. The SMILES string of the molecule is CC(C)[C@H](NC(=O)[C@@H](NC(=O)CCCCCCCCCCC(=O)N[C@H](C(=O)N[C@H](C(=O)O)C(C)C)C(C)C)C(C)C)C(=O)O. The minimum atomic E-state index is -1.11. The maximum Gasteiger partial charge on any atom is 0.326 e. The third-order valence-corrected chi connectivity index (χ3v) is 7.55. The summed E-state index contributed by atoms with van der Waals surface area (Å²) in [5.41, 5.74) is 0. The van der Waals surface area contributed by atoms with Crippen LogP contribution >= 0.6 is 0 Å². The number of hydrogen-bond donors (Lipinski definition) is 6. The van der Waals surface area contributed by atoms with E-state index in [1.54, 1.807) is 55.4 Å². The molecule has 0 bridgehead atoms. The van der Waals surface area contributed by atoms with E-state index in [-0.39, 0.29) is 35.5 Å². The van der Waals surface area contributed by atoms with Gasteiger partial charge < -0.3 is 31.5 Å². The van der Waals surface area contributed by atoms with E-state index >= 15 is 0 Å². The maximum absolute atomic E-state index is 12.6. The molecule has 0 aliphatic carbocycles. The Bertz CT molecular complexity index is 861. The average molecular weight is 627 g/mol. The highest BCUT2D eigenvalue weighted by Crippen LogP contribution is 2.13. The van der Waals surface area contributed by atoms with Crippen LogP contribution in [0.15, 0.2) is 0 Å². The monoisotopic (exact) mass is 626 g/mol. The quantitative estimate of drug-likeness (QED) is 0.0927. The van der Waals surface area contributed by atoms with Gasteiger partial charge >= 0.3 is 11.9 Å². The molecule has 0 aromatic rings. The number of aliphatic carboxylic acids is 2. The van der Waals surface area contributed by atoms with E-state index in [9.17, 15) is 39.0 Å². The summed E-state index contributed by atoms with van der Waals surface area (Å²) in [5, 5.41) is 29.2. The van der Waals surface area contributed by atoms with E-state index in [1.807, 2.05) is 0 Å². The fraction of sp³-hybridized carbons (Fsp3) is 0.812. The lowest BCUT2D eigenvalue weighted by atomic mass is 10.00. The van der Waals surface area contributed by atoms with Crippen LogP contribution in [0.5, 0.6) is 0 Å². The number of carbonyl (C=O) groups is 6. The average Bonchev–Trinajstić information content (AvgIpc) is 2.91. The van der Waals surface area contributed by atoms with Crippen LogP contribution in [0.1, 0.15) is 120 Å². The second-order valence-electron chi connectivity index (χ2n) is 13.0. The molecule has 0 radical (unpaired) electrons. The van der Waals surface area contributed by atoms with Gasteiger partial charge in [0.25, 0.3) is 0 Å². The van der Waals surface area contributed by atoms with Crippen molar-refractivity contribution in [3.8, 4) is 0 Å². The van der Waals surface area contributed by atoms with Gasteiger partial charge in [0.1, 0.15) is 24.2 Å². The molecule has 0 aliphatic rings. The molecule has 0 unspecified atom stereocenters. The highest BCUT2D eigenvalue weighted by atomic mass is 16.4. The molecule has 44 heavy (non-hydrogen) atoms. The van der Waals surface area contributed by atoms with Gasteiger partial charge in [-0.15, -0.1) is 0 Å². The van der Waals surface area contributed by atoms with Crippen LogP contribution in [0, 0.1) is 23.7 Å². The summed E-state index contributed by atoms with van der Waals surface area (Å²) in [7, 11) is 0. The van der Waals surface area contributed by atoms with Crippen LogP contribution in [0.2, 0.25) is 0 Å². The molecule has 0 spiro atoms. The first-order valence-corrected chi connectivity index (χ1v) is 16.1. The zero-order valence-electron chi connectivity index (χ0n) is 28.0. The van der Waals surface area contributed by atoms with Gasteiger partial charge in [-0.1, -0.05) is 93.9 Å². The van der Waals surface area contributed by atoms with Crippen molar-refractivity contribution in [2.75, 3.05) is 0 Å². The molecule has 0 saturated heterocycles. The fourth-order valence-corrected chi connectivity index (χ4v) is 4.71. The summed E-state index contributed by atoms with van der Waals surface area (Å²) in [6.45, 7) is 14.1. The third-order valence-electron chi connectivity index (χ3n) is 7.55. The molecule has 12 heteroatoms. The zero-order chi connectivity index (χ0) is 34.0. The molecule has 0 rings (SSSR count). The van der Waals surface area contributed by atoms with Gasteiger partial charge in [0.15, 0.2) is 0 Å². The van der Waals surface area contributed by atoms with E-state index in [4.69, 9.17) is 0 Å². The van der Waals surface area contributed by atoms with Crippen molar-refractivity contribution >= 4 is 35.6 Å². The summed E-state index contributed by atoms with van der Waals surface area (Å²) in [4.78, 5) is 72.9. The molecular formula is C32H58N4O8. The number of carboxylic acid groups (broad SMARTS) is 2. The number of carboxylic acids is 2. The van der Waals surface area contributed by atoms with Crippen molar-refractivity contribution in [2.24, 2.45) is 23.7 Å². The molecule has 12 nitrogen and oxygen atoms in total. The molecule has 0 saturated carbocycles. The van der Waals surface area contributed by atoms with E-state index in [1.165, 1.54) is 0 Å². The van der Waals surface area contributed by atoms with Gasteiger partial charge in [0.05, 0.1) is 0 Å². The molecule has 6 N–H and O–H groups in total. The predicted octanol–water partition coefficient (Wildman–Crippen LogP) is 3.62. The van der Waals surface area contributed by atoms with Crippen molar-refractivity contribution in [1.29, 1.82) is 0 Å². The van der Waals surface area contributed by atoms with Gasteiger partial charge in [-0.05, 0) is 36.5 Å². The van der Waals surface area contributed by atoms with Crippen LogP contribution in [-0.2, 0) is 28.8 Å². The Balaban J connectivity index is 4.26. The first-order chi connectivity index (χ1) is 20.5. The Kier molecular flexibility index (Phi) is 20.0. The zero-order valence-corrected chi connectivity index (χ0v) is 28.0. The van der Waals surface area contributed by atoms with Crippen molar-refractivity contribution in [1.82, 2.24) is 21.3 Å². The topological polar surface area (TPSA) is 191 Å². The number of carbonyl (C=O) groups excluding carboxylic acids is 4. The summed E-state index contributed by atoms with van der Waals surface area (Å²) < 4.78 is 0. The molecule has 0 aliphatic heterocycles. The molecule has 4 atom stereocenters. The van der Waals surface area contributed by atoms with Gasteiger partial charge in [0.2, 0.25) is 23.6 Å². The summed E-state index contributed by atoms with van der Waals surface area (Å²) >= 11 is 0. The van der Waals surface area contributed by atoms with Crippen LogP contribution < -0.4 is 21.3 Å². The lowest BCUT2D eigenvalue weighted by molar-refractivity contribution is -0.144. The molecule has 0 heterocycles. The van der Waals surface area contributed by atoms with Crippen molar-refractivity contribution < 1.29 is 39.0 Å². The maximum atomic E-state index is 12.6. The largest absolute Gasteiger partial charge is 0.480 e. The fourth-order valence-electron chi connectivity index (χ4n) is 4.71.